The van der Waals surface area contributed by atoms with Crippen LogP contribution in [-0.4, -0.2) is 69.9 Å². The number of methoxy groups -OCH3 is 2. The number of nitrogens with one attached hydrogen (secondary N) is 1. The predicted octanol–water partition coefficient (Wildman–Crippen LogP) is 11.8. The molecule has 0 saturated carbocycles. The van der Waals surface area contributed by atoms with Crippen LogP contribution >= 0.6 is 22.6 Å². The number of alkyl halides is 1. The van der Waals surface area contributed by atoms with E-state index in [1.165, 1.54) is 24.4 Å². The molecular weight excluding hydrogens is 1070 g/mol. The smallest absolute Gasteiger partial charge is 0.353 e. The van der Waals surface area contributed by atoms with Crippen molar-refractivity contribution in [1.29, 1.82) is 0 Å². The van der Waals surface area contributed by atoms with Crippen molar-refractivity contribution in [1.82, 2.24) is 23.8 Å². The topological polar surface area (TPSA) is 155 Å². The minimum absolute atomic E-state index is 0. The lowest BCUT2D eigenvalue weighted by Gasteiger charge is -2.14. The van der Waals surface area contributed by atoms with Crippen LogP contribution in [-0.2, 0) is 48.8 Å². The number of hydrogen-bond acceptors (Lipinski definition) is 8. The number of amides is 1. The van der Waals surface area contributed by atoms with Crippen molar-refractivity contribution in [2.24, 2.45) is 0 Å². The number of rotatable bonds is 11. The van der Waals surface area contributed by atoms with Crippen LogP contribution in [0.5, 0.6) is 11.8 Å². The van der Waals surface area contributed by atoms with Gasteiger partial charge in [0.2, 0.25) is 21.8 Å². The number of fused-ring (bicyclic) bond motifs is 6. The van der Waals surface area contributed by atoms with Crippen molar-refractivity contribution in [3.05, 3.63) is 165 Å². The highest BCUT2D eigenvalue weighted by Crippen LogP contribution is 2.45. The number of aromatic carboxylic acids is 1. The second-order valence-electron chi connectivity index (χ2n) is 16.6. The number of aryl methyl sites for hydroxylation is 4. The van der Waals surface area contributed by atoms with Gasteiger partial charge in [-0.2, -0.15) is 0 Å². The van der Waals surface area contributed by atoms with Gasteiger partial charge >= 0.3 is 5.97 Å². The van der Waals surface area contributed by atoms with Crippen molar-refractivity contribution in [2.75, 3.05) is 25.4 Å². The molecule has 4 heterocycles. The molecule has 2 aliphatic carbocycles. The number of carbonyl (C=O) groups excluding carboxylic acids is 1. The van der Waals surface area contributed by atoms with Crippen LogP contribution in [0.2, 0.25) is 0 Å². The van der Waals surface area contributed by atoms with Crippen LogP contribution < -0.4 is 14.2 Å². The number of benzene rings is 4. The van der Waals surface area contributed by atoms with E-state index in [1.54, 1.807) is 41.2 Å². The Hall–Kier alpha value is -6.80. The molecule has 0 atom stereocenters. The fourth-order valence-corrected chi connectivity index (χ4v) is 10.2. The Labute approximate surface area is 430 Å². The van der Waals surface area contributed by atoms with Crippen LogP contribution in [0.4, 0.5) is 17.6 Å². The molecule has 378 valence electrons. The third-order valence-corrected chi connectivity index (χ3v) is 13.0. The summed E-state index contributed by atoms with van der Waals surface area (Å²) >= 11 is 1.96. The minimum atomic E-state index is -3.93. The Kier molecular flexibility index (Phi) is 16.7. The number of nitrogens with zero attached hydrogens (tertiary/aromatic N) is 4. The maximum absolute atomic E-state index is 14.7. The van der Waals surface area contributed by atoms with Crippen LogP contribution in [0.25, 0.3) is 44.1 Å². The number of pyridine rings is 2. The number of sulfonamides is 1. The van der Waals surface area contributed by atoms with Crippen LogP contribution in [0, 0.1) is 23.3 Å². The first-order chi connectivity index (χ1) is 34.1. The van der Waals surface area contributed by atoms with Crippen molar-refractivity contribution in [3.63, 3.8) is 0 Å². The van der Waals surface area contributed by atoms with Gasteiger partial charge in [-0.15, -0.1) is 0 Å². The van der Waals surface area contributed by atoms with Gasteiger partial charge in [-0.05, 0) is 138 Å². The largest absolute Gasteiger partial charge is 0.481 e. The SMILES string of the molecule is C.C.COc1ncccc1-c1c(C(=O)NS(C)(=O)=O)n(Cc2cc(F)ccc2F)c2ccc3c(c12)CCC3.COc1ncccc1-c1c(C(=O)O)n(Cc2cc(F)ccc2F)c2ccc3c(c12)CCC3.[2H]CI. The van der Waals surface area contributed by atoms with Gasteiger partial charge in [0.25, 0.3) is 5.91 Å². The van der Waals surface area contributed by atoms with Crippen LogP contribution in [0.15, 0.2) is 97.3 Å². The summed E-state index contributed by atoms with van der Waals surface area (Å²) in [6.45, 7) is -0.322. The number of carbonyl (C=O) groups is 2. The number of halogens is 5. The first-order valence-corrected chi connectivity index (χ1v) is 25.3. The zero-order valence-electron chi connectivity index (χ0n) is 39.1. The maximum atomic E-state index is 14.7. The Balaban J connectivity index is 0.000000221. The molecule has 1 amide bonds. The lowest BCUT2D eigenvalue weighted by Crippen LogP contribution is -2.31. The molecule has 0 unspecified atom stereocenters. The molecule has 0 fully saturated rings. The van der Waals surface area contributed by atoms with Crippen LogP contribution in [0.3, 0.4) is 0 Å². The number of carboxylic acids is 1. The first-order valence-electron chi connectivity index (χ1n) is 22.6. The average Bonchev–Trinajstić information content (AvgIpc) is 4.15. The van der Waals surface area contributed by atoms with Crippen molar-refractivity contribution < 1.29 is 51.5 Å². The fraction of sp³-hybridized carbons (Fsp3) is 0.259. The molecule has 4 aromatic heterocycles. The summed E-state index contributed by atoms with van der Waals surface area (Å²) in [5.41, 5.74) is 7.72. The summed E-state index contributed by atoms with van der Waals surface area (Å²) in [6.07, 6.45) is 9.26. The van der Waals surface area contributed by atoms with Gasteiger partial charge in [0.05, 0.1) is 33.6 Å². The second-order valence-corrected chi connectivity index (χ2v) is 18.4. The highest BCUT2D eigenvalue weighted by atomic mass is 127. The fourth-order valence-electron chi connectivity index (χ4n) is 9.75. The van der Waals surface area contributed by atoms with Gasteiger partial charge in [-0.25, -0.2) is 45.5 Å². The average molecular weight is 1120 g/mol. The van der Waals surface area contributed by atoms with E-state index in [2.05, 4.69) is 9.97 Å². The molecule has 10 rings (SSSR count). The summed E-state index contributed by atoms with van der Waals surface area (Å²) in [5.74, 6) is -3.94. The molecule has 2 N–H and O–H groups in total. The quantitative estimate of drug-likeness (QED) is 0.0732. The number of hydrogen-bond donors (Lipinski definition) is 2. The highest BCUT2D eigenvalue weighted by molar-refractivity contribution is 14.1. The Morgan fingerprint density at radius 2 is 1.14 bits per heavy atom. The molecule has 0 aliphatic heterocycles. The van der Waals surface area contributed by atoms with E-state index in [-0.39, 0.29) is 56.3 Å². The molecule has 0 radical (unpaired) electrons. The second kappa shape index (κ2) is 22.7. The highest BCUT2D eigenvalue weighted by Gasteiger charge is 2.32. The summed E-state index contributed by atoms with van der Waals surface area (Å²) in [4.78, 5) is 35.1. The predicted molar refractivity (Wildman–Crippen MR) is 281 cm³/mol. The van der Waals surface area contributed by atoms with E-state index in [0.29, 0.717) is 44.1 Å². The Bertz CT molecular complexity index is 3500. The molecule has 72 heavy (non-hydrogen) atoms. The summed E-state index contributed by atoms with van der Waals surface area (Å²) in [6, 6.07) is 20.9. The van der Waals surface area contributed by atoms with E-state index < -0.39 is 45.2 Å². The van der Waals surface area contributed by atoms with Gasteiger partial charge in [0.1, 0.15) is 34.7 Å². The lowest BCUT2D eigenvalue weighted by molar-refractivity contribution is 0.0686. The Morgan fingerprint density at radius 3 is 1.56 bits per heavy atom. The third-order valence-electron chi connectivity index (χ3n) is 12.5. The minimum Gasteiger partial charge on any atom is -0.481 e. The molecule has 0 bridgehead atoms. The monoisotopic (exact) mass is 1120 g/mol. The molecule has 4 aromatic carbocycles. The molecule has 12 nitrogen and oxygen atoms in total. The van der Waals surface area contributed by atoms with Gasteiger partial charge in [0, 0.05) is 69.0 Å². The normalized spacial score (nSPS) is 12.5. The van der Waals surface area contributed by atoms with Crippen LogP contribution in [0.1, 0.15) is 83.4 Å². The zero-order valence-corrected chi connectivity index (χ0v) is 41.1. The lowest BCUT2D eigenvalue weighted by atomic mass is 9.97. The third kappa shape index (κ3) is 10.6. The number of ether oxygens (including phenoxy) is 2. The molecular formula is C54H54F4IN5O7S. The molecule has 18 heteroatoms. The molecule has 8 aromatic rings. The van der Waals surface area contributed by atoms with Gasteiger partial charge < -0.3 is 23.7 Å². The summed E-state index contributed by atoms with van der Waals surface area (Å²) in [5, 5.41) is 11.8. The number of aromatic nitrogens is 4. The van der Waals surface area contributed by atoms with Crippen molar-refractivity contribution in [3.8, 4) is 34.0 Å². The first kappa shape index (κ1) is 53.0. The van der Waals surface area contributed by atoms with Gasteiger partial charge in [0.15, 0.2) is 0 Å². The Morgan fingerprint density at radius 1 is 0.708 bits per heavy atom. The van der Waals surface area contributed by atoms with Crippen molar-refractivity contribution >= 4 is 66.3 Å². The molecule has 0 saturated heterocycles. The van der Waals surface area contributed by atoms with E-state index >= 15 is 0 Å². The van der Waals surface area contributed by atoms with Crippen molar-refractivity contribution in [2.45, 2.75) is 66.5 Å². The molecule has 0 spiro atoms. The van der Waals surface area contributed by atoms with Gasteiger partial charge in [-0.3, -0.25) is 4.79 Å². The van der Waals surface area contributed by atoms with E-state index in [4.69, 9.17) is 10.8 Å². The van der Waals surface area contributed by atoms with E-state index in [0.717, 1.165) is 109 Å². The van der Waals surface area contributed by atoms with E-state index in [1.807, 2.05) is 51.6 Å². The maximum Gasteiger partial charge on any atom is 0.353 e. The van der Waals surface area contributed by atoms with Gasteiger partial charge in [-0.1, -0.05) is 49.6 Å². The summed E-state index contributed by atoms with van der Waals surface area (Å²) in [7, 11) is -0.997. The molecule has 2 aliphatic rings. The number of carboxylic acid groups (broad SMARTS) is 1. The van der Waals surface area contributed by atoms with E-state index in [9.17, 15) is 40.7 Å². The summed E-state index contributed by atoms with van der Waals surface area (Å²) < 4.78 is 104. The standard InChI is InChI=1S/C26H23F2N3O4S.C25H20F2N2O3.CH3I.2CH4/c1-35-26-19(7-4-12-29-26)23-22-18-6-3-5-15(18)8-11-21(22)31(24(23)25(32)30-36(2,33)34)14-16-13-17(27)9-10-20(16)28;1-32-24-18(6-3-11-28-24)22-21-17-5-2-4-14(17)7-10-20(21)29(23(22)25(30)31)13-15-12-16(26)8-9-19(15)27;1-2;;/h4,7-13H,3,5-6,14H2,1-2H3,(H,30,32);3,6-12H,2,4-5,13H2,1H3,(H,30,31);1H3;2*1H4/i;;1D;;. The zero-order chi connectivity index (χ0) is 50.7.